The number of methoxy groups -OCH3 is 1. The first-order valence-corrected chi connectivity index (χ1v) is 8.41. The highest BCUT2D eigenvalue weighted by Gasteiger charge is 2.40. The quantitative estimate of drug-likeness (QED) is 0.828. The second kappa shape index (κ2) is 6.95. The monoisotopic (exact) mass is 286 g/mol. The SMILES string of the molecule is COCCN(C(=O)C1(C)CCNCC1)C1CCSC1. The molecule has 2 rings (SSSR count). The number of carbonyl (C=O) groups is 1. The Morgan fingerprint density at radius 3 is 2.79 bits per heavy atom. The van der Waals surface area contributed by atoms with E-state index in [9.17, 15) is 4.79 Å². The van der Waals surface area contributed by atoms with Crippen molar-refractivity contribution in [2.24, 2.45) is 5.41 Å². The van der Waals surface area contributed by atoms with Crippen molar-refractivity contribution in [1.29, 1.82) is 0 Å². The summed E-state index contributed by atoms with van der Waals surface area (Å²) >= 11 is 1.96. The lowest BCUT2D eigenvalue weighted by Gasteiger charge is -2.39. The summed E-state index contributed by atoms with van der Waals surface area (Å²) in [4.78, 5) is 15.1. The minimum absolute atomic E-state index is 0.174. The van der Waals surface area contributed by atoms with Crippen LogP contribution in [0.5, 0.6) is 0 Å². The molecule has 0 aromatic carbocycles. The molecule has 2 saturated heterocycles. The van der Waals surface area contributed by atoms with Gasteiger partial charge < -0.3 is 15.0 Å². The summed E-state index contributed by atoms with van der Waals surface area (Å²) in [5, 5.41) is 3.35. The van der Waals surface area contributed by atoms with Gasteiger partial charge in [-0.15, -0.1) is 0 Å². The molecule has 0 aromatic rings. The molecule has 1 atom stereocenters. The molecule has 2 fully saturated rings. The van der Waals surface area contributed by atoms with E-state index in [0.29, 0.717) is 18.6 Å². The van der Waals surface area contributed by atoms with Gasteiger partial charge in [0.05, 0.1) is 6.61 Å². The van der Waals surface area contributed by atoms with E-state index in [1.54, 1.807) is 7.11 Å². The van der Waals surface area contributed by atoms with Gasteiger partial charge in [-0.25, -0.2) is 0 Å². The summed E-state index contributed by atoms with van der Waals surface area (Å²) < 4.78 is 5.19. The predicted octanol–water partition coefficient (Wildman–Crippen LogP) is 1.36. The average Bonchev–Trinajstić information content (AvgIpc) is 2.94. The third kappa shape index (κ3) is 3.64. The van der Waals surface area contributed by atoms with Crippen LogP contribution in [0.25, 0.3) is 0 Å². The van der Waals surface area contributed by atoms with Crippen LogP contribution < -0.4 is 5.32 Å². The van der Waals surface area contributed by atoms with Crippen molar-refractivity contribution < 1.29 is 9.53 Å². The van der Waals surface area contributed by atoms with Crippen LogP contribution in [0.15, 0.2) is 0 Å². The maximum atomic E-state index is 12.9. The molecule has 1 amide bonds. The number of amides is 1. The van der Waals surface area contributed by atoms with Gasteiger partial charge >= 0.3 is 0 Å². The Bertz CT molecular complexity index is 300. The van der Waals surface area contributed by atoms with Crippen LogP contribution in [0.2, 0.25) is 0 Å². The highest BCUT2D eigenvalue weighted by molar-refractivity contribution is 7.99. The van der Waals surface area contributed by atoms with E-state index in [1.165, 1.54) is 5.75 Å². The predicted molar refractivity (Wildman–Crippen MR) is 79.5 cm³/mol. The van der Waals surface area contributed by atoms with E-state index in [4.69, 9.17) is 4.74 Å². The fourth-order valence-corrected chi connectivity index (χ4v) is 4.17. The summed E-state index contributed by atoms with van der Waals surface area (Å²) in [6, 6.07) is 0.416. The van der Waals surface area contributed by atoms with E-state index in [1.807, 2.05) is 11.8 Å². The smallest absolute Gasteiger partial charge is 0.228 e. The second-order valence-electron chi connectivity index (χ2n) is 5.82. The third-order valence-electron chi connectivity index (χ3n) is 4.37. The Kier molecular flexibility index (Phi) is 5.54. The molecule has 0 saturated carbocycles. The van der Waals surface area contributed by atoms with Crippen molar-refractivity contribution in [2.45, 2.75) is 32.2 Å². The lowest BCUT2D eigenvalue weighted by Crippen LogP contribution is -2.52. The molecule has 0 aromatic heterocycles. The van der Waals surface area contributed by atoms with Gasteiger partial charge in [0.25, 0.3) is 0 Å². The summed E-state index contributed by atoms with van der Waals surface area (Å²) in [5.41, 5.74) is -0.174. The largest absolute Gasteiger partial charge is 0.383 e. The fraction of sp³-hybridized carbons (Fsp3) is 0.929. The highest BCUT2D eigenvalue weighted by Crippen LogP contribution is 2.33. The Labute approximate surface area is 120 Å². The first-order valence-electron chi connectivity index (χ1n) is 7.26. The molecule has 1 N–H and O–H groups in total. The van der Waals surface area contributed by atoms with Crippen LogP contribution in [-0.4, -0.2) is 61.7 Å². The van der Waals surface area contributed by atoms with Gasteiger partial charge in [0.2, 0.25) is 5.91 Å². The lowest BCUT2D eigenvalue weighted by atomic mass is 9.79. The van der Waals surface area contributed by atoms with Crippen molar-refractivity contribution in [1.82, 2.24) is 10.2 Å². The van der Waals surface area contributed by atoms with E-state index in [2.05, 4.69) is 17.1 Å². The fourth-order valence-electron chi connectivity index (χ4n) is 2.95. The maximum absolute atomic E-state index is 12.9. The minimum Gasteiger partial charge on any atom is -0.383 e. The zero-order valence-corrected chi connectivity index (χ0v) is 12.9. The molecule has 5 heteroatoms. The number of hydrogen-bond donors (Lipinski definition) is 1. The Hall–Kier alpha value is -0.260. The molecule has 2 heterocycles. The van der Waals surface area contributed by atoms with E-state index in [0.717, 1.165) is 44.6 Å². The van der Waals surface area contributed by atoms with Gasteiger partial charge in [0, 0.05) is 30.9 Å². The van der Waals surface area contributed by atoms with E-state index in [-0.39, 0.29) is 5.41 Å². The standard InChI is InChI=1S/C14H26N2O2S/c1-14(4-6-15-7-5-14)13(17)16(8-9-18-2)12-3-10-19-11-12/h12,15H,3-11H2,1-2H3. The van der Waals surface area contributed by atoms with Crippen molar-refractivity contribution in [2.75, 3.05) is 44.9 Å². The lowest BCUT2D eigenvalue weighted by molar-refractivity contribution is -0.145. The van der Waals surface area contributed by atoms with E-state index >= 15 is 0 Å². The Morgan fingerprint density at radius 1 is 1.47 bits per heavy atom. The summed E-state index contributed by atoms with van der Waals surface area (Å²) in [7, 11) is 1.71. The number of hydrogen-bond acceptors (Lipinski definition) is 4. The van der Waals surface area contributed by atoms with Gasteiger partial charge in [0.15, 0.2) is 0 Å². The molecule has 110 valence electrons. The molecule has 0 spiro atoms. The van der Waals surface area contributed by atoms with Crippen molar-refractivity contribution in [3.63, 3.8) is 0 Å². The molecule has 2 aliphatic rings. The van der Waals surface area contributed by atoms with Crippen molar-refractivity contribution >= 4 is 17.7 Å². The maximum Gasteiger partial charge on any atom is 0.228 e. The van der Waals surface area contributed by atoms with Crippen LogP contribution in [0, 0.1) is 5.41 Å². The van der Waals surface area contributed by atoms with E-state index < -0.39 is 0 Å². The molecular weight excluding hydrogens is 260 g/mol. The first-order chi connectivity index (χ1) is 9.17. The molecule has 0 aliphatic carbocycles. The first kappa shape index (κ1) is 15.1. The molecule has 0 radical (unpaired) electrons. The number of rotatable bonds is 5. The van der Waals surface area contributed by atoms with Gasteiger partial charge in [0.1, 0.15) is 0 Å². The zero-order chi connectivity index (χ0) is 13.7. The molecule has 1 unspecified atom stereocenters. The van der Waals surface area contributed by atoms with Gasteiger partial charge in [-0.3, -0.25) is 4.79 Å². The summed E-state index contributed by atoms with van der Waals surface area (Å²) in [5.74, 6) is 2.61. The summed E-state index contributed by atoms with van der Waals surface area (Å²) in [6.07, 6.45) is 3.04. The van der Waals surface area contributed by atoms with Crippen molar-refractivity contribution in [3.8, 4) is 0 Å². The minimum atomic E-state index is -0.174. The number of thioether (sulfide) groups is 1. The Balaban J connectivity index is 2.04. The van der Waals surface area contributed by atoms with Gasteiger partial charge in [-0.2, -0.15) is 11.8 Å². The number of nitrogens with one attached hydrogen (secondary N) is 1. The topological polar surface area (TPSA) is 41.6 Å². The zero-order valence-electron chi connectivity index (χ0n) is 12.1. The van der Waals surface area contributed by atoms with Crippen LogP contribution in [0.4, 0.5) is 0 Å². The molecular formula is C14H26N2O2S. The highest BCUT2D eigenvalue weighted by atomic mass is 32.2. The number of nitrogens with zero attached hydrogens (tertiary/aromatic N) is 1. The second-order valence-corrected chi connectivity index (χ2v) is 6.97. The third-order valence-corrected chi connectivity index (χ3v) is 5.51. The van der Waals surface area contributed by atoms with Crippen LogP contribution in [0.1, 0.15) is 26.2 Å². The van der Waals surface area contributed by atoms with Crippen molar-refractivity contribution in [3.05, 3.63) is 0 Å². The molecule has 2 aliphatic heterocycles. The Morgan fingerprint density at radius 2 is 2.21 bits per heavy atom. The van der Waals surface area contributed by atoms with Crippen LogP contribution in [-0.2, 0) is 9.53 Å². The number of piperidine rings is 1. The molecule has 0 bridgehead atoms. The summed E-state index contributed by atoms with van der Waals surface area (Å²) in [6.45, 7) is 5.43. The number of carbonyl (C=O) groups excluding carboxylic acids is 1. The normalized spacial score (nSPS) is 26.3. The van der Waals surface area contributed by atoms with Gasteiger partial charge in [-0.1, -0.05) is 6.92 Å². The van der Waals surface area contributed by atoms with Gasteiger partial charge in [-0.05, 0) is 38.1 Å². The molecule has 4 nitrogen and oxygen atoms in total. The average molecular weight is 286 g/mol. The van der Waals surface area contributed by atoms with Crippen LogP contribution >= 0.6 is 11.8 Å². The van der Waals surface area contributed by atoms with Crippen LogP contribution in [0.3, 0.4) is 0 Å². The number of ether oxygens (including phenoxy) is 1. The molecule has 19 heavy (non-hydrogen) atoms.